The summed E-state index contributed by atoms with van der Waals surface area (Å²) in [5.74, 6) is 0.755. The molecule has 0 saturated carbocycles. The van der Waals surface area contributed by atoms with Crippen molar-refractivity contribution in [1.29, 1.82) is 0 Å². The number of hydrogen-bond donors (Lipinski definition) is 1. The highest BCUT2D eigenvalue weighted by molar-refractivity contribution is 4.90. The molecule has 1 aliphatic heterocycles. The first-order chi connectivity index (χ1) is 7.63. The van der Waals surface area contributed by atoms with Crippen LogP contribution < -0.4 is 5.32 Å². The lowest BCUT2D eigenvalue weighted by molar-refractivity contribution is 0.0509. The normalized spacial score (nSPS) is 27.9. The number of nitrogens with one attached hydrogen (secondary N) is 1. The molecular weight excluding hydrogens is 196 g/mol. The topological polar surface area (TPSA) is 15.3 Å². The third-order valence-electron chi connectivity index (χ3n) is 4.15. The van der Waals surface area contributed by atoms with Crippen LogP contribution in [0.5, 0.6) is 0 Å². The summed E-state index contributed by atoms with van der Waals surface area (Å²) in [6.07, 6.45) is 3.83. The van der Waals surface area contributed by atoms with E-state index in [1.54, 1.807) is 0 Å². The molecule has 0 aromatic rings. The van der Waals surface area contributed by atoms with Crippen LogP contribution in [0.4, 0.5) is 0 Å². The molecule has 2 atom stereocenters. The molecule has 1 N–H and O–H groups in total. The molecule has 0 radical (unpaired) electrons. The Morgan fingerprint density at radius 3 is 2.25 bits per heavy atom. The fourth-order valence-corrected chi connectivity index (χ4v) is 2.93. The minimum absolute atomic E-state index is 0.704. The van der Waals surface area contributed by atoms with Gasteiger partial charge in [0.2, 0.25) is 0 Å². The minimum atomic E-state index is 0.704. The molecule has 0 aromatic carbocycles. The molecule has 0 spiro atoms. The molecule has 2 heteroatoms. The van der Waals surface area contributed by atoms with Crippen LogP contribution in [0.25, 0.3) is 0 Å². The maximum Gasteiger partial charge on any atom is 0.0247 e. The van der Waals surface area contributed by atoms with Crippen LogP contribution in [0.1, 0.15) is 53.9 Å². The molecule has 1 rings (SSSR count). The van der Waals surface area contributed by atoms with E-state index in [2.05, 4.69) is 44.8 Å². The van der Waals surface area contributed by atoms with Gasteiger partial charge in [0.05, 0.1) is 0 Å². The molecule has 1 aliphatic rings. The summed E-state index contributed by atoms with van der Waals surface area (Å²) in [7, 11) is 0. The molecule has 2 nitrogen and oxygen atoms in total. The molecular formula is C14H30N2. The lowest BCUT2D eigenvalue weighted by atomic mass is 9.94. The van der Waals surface area contributed by atoms with Crippen LogP contribution in [-0.4, -0.2) is 36.1 Å². The number of piperazine rings is 1. The van der Waals surface area contributed by atoms with Gasteiger partial charge in [-0.2, -0.15) is 0 Å². The van der Waals surface area contributed by atoms with Crippen molar-refractivity contribution in [1.82, 2.24) is 10.2 Å². The first-order valence-electron chi connectivity index (χ1n) is 7.13. The first kappa shape index (κ1) is 14.0. The van der Waals surface area contributed by atoms with E-state index in [1.165, 1.54) is 32.4 Å². The molecule has 1 heterocycles. The van der Waals surface area contributed by atoms with Gasteiger partial charge in [-0.1, -0.05) is 34.6 Å². The average Bonchev–Trinajstić information content (AvgIpc) is 2.30. The second kappa shape index (κ2) is 6.61. The molecule has 0 amide bonds. The van der Waals surface area contributed by atoms with Gasteiger partial charge in [0.1, 0.15) is 0 Å². The minimum Gasteiger partial charge on any atom is -0.311 e. The average molecular weight is 226 g/mol. The molecule has 0 aliphatic carbocycles. The predicted octanol–water partition coefficient (Wildman–Crippen LogP) is 2.88. The highest BCUT2D eigenvalue weighted by atomic mass is 15.3. The molecule has 2 unspecified atom stereocenters. The van der Waals surface area contributed by atoms with Crippen LogP contribution in [0.15, 0.2) is 0 Å². The Morgan fingerprint density at radius 2 is 1.81 bits per heavy atom. The van der Waals surface area contributed by atoms with Crippen LogP contribution in [-0.2, 0) is 0 Å². The zero-order valence-electron chi connectivity index (χ0n) is 11.8. The van der Waals surface area contributed by atoms with Crippen molar-refractivity contribution >= 4 is 0 Å². The highest BCUT2D eigenvalue weighted by Gasteiger charge is 2.32. The van der Waals surface area contributed by atoms with Crippen LogP contribution in [0.2, 0.25) is 0 Å². The Balaban J connectivity index is 2.70. The summed E-state index contributed by atoms with van der Waals surface area (Å²) < 4.78 is 0. The van der Waals surface area contributed by atoms with E-state index in [9.17, 15) is 0 Å². The fraction of sp³-hybridized carbons (Fsp3) is 1.00. The second-order valence-corrected chi connectivity index (χ2v) is 5.49. The highest BCUT2D eigenvalue weighted by Crippen LogP contribution is 2.22. The van der Waals surface area contributed by atoms with Gasteiger partial charge in [0.15, 0.2) is 0 Å². The molecule has 96 valence electrons. The Labute approximate surface area is 102 Å². The molecule has 1 saturated heterocycles. The molecule has 1 fully saturated rings. The zero-order chi connectivity index (χ0) is 12.1. The van der Waals surface area contributed by atoms with Gasteiger partial charge in [0.25, 0.3) is 0 Å². The van der Waals surface area contributed by atoms with Crippen molar-refractivity contribution in [3.63, 3.8) is 0 Å². The second-order valence-electron chi connectivity index (χ2n) is 5.49. The predicted molar refractivity (Wildman–Crippen MR) is 71.8 cm³/mol. The third kappa shape index (κ3) is 3.21. The van der Waals surface area contributed by atoms with Gasteiger partial charge >= 0.3 is 0 Å². The number of rotatable bonds is 5. The Kier molecular flexibility index (Phi) is 5.77. The summed E-state index contributed by atoms with van der Waals surface area (Å²) in [6, 6.07) is 2.21. The summed E-state index contributed by atoms with van der Waals surface area (Å²) in [5.41, 5.74) is 0. The number of nitrogens with zero attached hydrogens (tertiary/aromatic N) is 1. The van der Waals surface area contributed by atoms with Gasteiger partial charge in [0, 0.05) is 31.2 Å². The maximum atomic E-state index is 3.69. The smallest absolute Gasteiger partial charge is 0.0247 e. The standard InChI is InChI=1S/C14H30N2/c1-6-12-10-16(13(7-2)8-3)14(9-15-12)11(4)5/h11-15H,6-10H2,1-5H3. The summed E-state index contributed by atoms with van der Waals surface area (Å²) in [5, 5.41) is 3.69. The van der Waals surface area contributed by atoms with Crippen molar-refractivity contribution in [3.8, 4) is 0 Å². The van der Waals surface area contributed by atoms with Gasteiger partial charge in [-0.3, -0.25) is 4.90 Å². The Hall–Kier alpha value is -0.0800. The first-order valence-corrected chi connectivity index (χ1v) is 7.13. The van der Waals surface area contributed by atoms with Crippen molar-refractivity contribution in [2.75, 3.05) is 13.1 Å². The van der Waals surface area contributed by atoms with E-state index in [-0.39, 0.29) is 0 Å². The van der Waals surface area contributed by atoms with E-state index in [0.717, 1.165) is 18.0 Å². The maximum absolute atomic E-state index is 3.69. The van der Waals surface area contributed by atoms with Crippen LogP contribution in [0, 0.1) is 5.92 Å². The Bertz CT molecular complexity index is 187. The Morgan fingerprint density at radius 1 is 1.19 bits per heavy atom. The SMILES string of the molecule is CCC1CN(C(CC)CC)C(C(C)C)CN1. The van der Waals surface area contributed by atoms with Crippen LogP contribution >= 0.6 is 0 Å². The van der Waals surface area contributed by atoms with E-state index in [4.69, 9.17) is 0 Å². The lowest BCUT2D eigenvalue weighted by Crippen LogP contribution is -2.60. The van der Waals surface area contributed by atoms with Gasteiger partial charge in [-0.05, 0) is 25.2 Å². The van der Waals surface area contributed by atoms with Gasteiger partial charge in [-0.15, -0.1) is 0 Å². The van der Waals surface area contributed by atoms with Gasteiger partial charge in [-0.25, -0.2) is 0 Å². The molecule has 0 aromatic heterocycles. The lowest BCUT2D eigenvalue weighted by Gasteiger charge is -2.46. The van der Waals surface area contributed by atoms with Crippen LogP contribution in [0.3, 0.4) is 0 Å². The fourth-order valence-electron chi connectivity index (χ4n) is 2.93. The van der Waals surface area contributed by atoms with Gasteiger partial charge < -0.3 is 5.32 Å². The van der Waals surface area contributed by atoms with E-state index in [0.29, 0.717) is 6.04 Å². The van der Waals surface area contributed by atoms with Crippen molar-refractivity contribution < 1.29 is 0 Å². The largest absolute Gasteiger partial charge is 0.311 e. The third-order valence-corrected chi connectivity index (χ3v) is 4.15. The van der Waals surface area contributed by atoms with Crippen molar-refractivity contribution in [2.24, 2.45) is 5.92 Å². The van der Waals surface area contributed by atoms with E-state index < -0.39 is 0 Å². The van der Waals surface area contributed by atoms with Crippen molar-refractivity contribution in [3.05, 3.63) is 0 Å². The summed E-state index contributed by atoms with van der Waals surface area (Å²) in [6.45, 7) is 14.1. The quantitative estimate of drug-likeness (QED) is 0.775. The summed E-state index contributed by atoms with van der Waals surface area (Å²) >= 11 is 0. The van der Waals surface area contributed by atoms with E-state index >= 15 is 0 Å². The number of hydrogen-bond acceptors (Lipinski definition) is 2. The molecule has 16 heavy (non-hydrogen) atoms. The van der Waals surface area contributed by atoms with Crippen molar-refractivity contribution in [2.45, 2.75) is 72.0 Å². The van der Waals surface area contributed by atoms with E-state index in [1.807, 2.05) is 0 Å². The monoisotopic (exact) mass is 226 g/mol. The molecule has 0 bridgehead atoms. The zero-order valence-corrected chi connectivity index (χ0v) is 11.8. The summed E-state index contributed by atoms with van der Waals surface area (Å²) in [4.78, 5) is 2.77.